The molecule has 0 aromatic carbocycles. The van der Waals surface area contributed by atoms with Crippen molar-refractivity contribution in [3.63, 3.8) is 0 Å². The molecule has 0 bridgehead atoms. The number of carbonyl (C=O) groups excluding carboxylic acids is 2. The molecule has 0 atom stereocenters. The van der Waals surface area contributed by atoms with Gasteiger partial charge in [0.05, 0.1) is 13.4 Å². The fourth-order valence-electron chi connectivity index (χ4n) is 1.30. The smallest absolute Gasteiger partial charge is 0.358 e. The molecule has 2 heterocycles. The molecule has 0 aliphatic carbocycles. The minimum absolute atomic E-state index is 0.0567. The van der Waals surface area contributed by atoms with E-state index in [2.05, 4.69) is 9.72 Å². The highest BCUT2D eigenvalue weighted by molar-refractivity contribution is 7.17. The van der Waals surface area contributed by atoms with Crippen LogP contribution in [0.5, 0.6) is 0 Å². The summed E-state index contributed by atoms with van der Waals surface area (Å²) in [6.07, 6.45) is 3.01. The predicted octanol–water partition coefficient (Wildman–Crippen LogP) is 2.39. The van der Waals surface area contributed by atoms with Gasteiger partial charge in [-0.2, -0.15) is 0 Å². The van der Waals surface area contributed by atoms with Crippen LogP contribution in [0.4, 0.5) is 0 Å². The zero-order chi connectivity index (χ0) is 12.4. The third-order valence-corrected chi connectivity index (χ3v) is 3.30. The Labute approximate surface area is 101 Å². The van der Waals surface area contributed by atoms with Crippen LogP contribution in [-0.2, 0) is 4.74 Å². The van der Waals surface area contributed by atoms with Gasteiger partial charge in [-0.1, -0.05) is 0 Å². The average Bonchev–Trinajstić information content (AvgIpc) is 2.95. The van der Waals surface area contributed by atoms with Crippen molar-refractivity contribution in [3.8, 4) is 10.6 Å². The molecule has 0 saturated carbocycles. The van der Waals surface area contributed by atoms with E-state index in [-0.39, 0.29) is 11.5 Å². The van der Waals surface area contributed by atoms with Crippen LogP contribution < -0.4 is 0 Å². The van der Waals surface area contributed by atoms with E-state index in [1.54, 1.807) is 6.07 Å². The van der Waals surface area contributed by atoms with Gasteiger partial charge >= 0.3 is 5.97 Å². The highest BCUT2D eigenvalue weighted by atomic mass is 32.1. The van der Waals surface area contributed by atoms with E-state index in [0.29, 0.717) is 9.88 Å². The lowest BCUT2D eigenvalue weighted by Crippen LogP contribution is -2.06. The normalized spacial score (nSPS) is 10.2. The third kappa shape index (κ3) is 2.12. The number of methoxy groups -OCH3 is 1. The summed E-state index contributed by atoms with van der Waals surface area (Å²) >= 11 is 1.15. The Hall–Kier alpha value is -1.95. The Morgan fingerprint density at radius 3 is 2.76 bits per heavy atom. The highest BCUT2D eigenvalue weighted by Crippen LogP contribution is 2.29. The maximum Gasteiger partial charge on any atom is 0.358 e. The molecular weight excluding hydrogens is 242 g/mol. The quantitative estimate of drug-likeness (QED) is 0.618. The summed E-state index contributed by atoms with van der Waals surface area (Å²) in [6.45, 7) is 1.39. The summed E-state index contributed by atoms with van der Waals surface area (Å²) in [7, 11) is 1.25. The monoisotopic (exact) mass is 251 g/mol. The second kappa shape index (κ2) is 4.50. The minimum atomic E-state index is -0.610. The molecule has 6 heteroatoms. The standard InChI is InChI=1S/C11H9NO4S/c1-6(13)9-8(11(14)15-2)12-10(17-9)7-3-4-16-5-7/h3-5H,1-2H3. The number of rotatable bonds is 3. The Morgan fingerprint density at radius 1 is 1.47 bits per heavy atom. The fraction of sp³-hybridized carbons (Fsp3) is 0.182. The number of hydrogen-bond acceptors (Lipinski definition) is 6. The second-order valence-electron chi connectivity index (χ2n) is 3.26. The number of nitrogens with zero attached hydrogens (tertiary/aromatic N) is 1. The molecule has 2 aromatic heterocycles. The summed E-state index contributed by atoms with van der Waals surface area (Å²) in [5.41, 5.74) is 0.786. The molecule has 0 radical (unpaired) electrons. The second-order valence-corrected chi connectivity index (χ2v) is 4.26. The molecule has 0 unspecified atom stereocenters. The van der Waals surface area contributed by atoms with Crippen LogP contribution in [0.15, 0.2) is 23.0 Å². The largest absolute Gasteiger partial charge is 0.472 e. The van der Waals surface area contributed by atoms with Crippen molar-refractivity contribution in [2.24, 2.45) is 0 Å². The Bertz CT molecular complexity index is 556. The Morgan fingerprint density at radius 2 is 2.24 bits per heavy atom. The van der Waals surface area contributed by atoms with E-state index in [1.807, 2.05) is 0 Å². The van der Waals surface area contributed by atoms with Gasteiger partial charge in [-0.25, -0.2) is 9.78 Å². The van der Waals surface area contributed by atoms with Gasteiger partial charge in [0.2, 0.25) is 0 Å². The summed E-state index contributed by atoms with van der Waals surface area (Å²) < 4.78 is 9.52. The number of esters is 1. The summed E-state index contributed by atoms with van der Waals surface area (Å²) in [5.74, 6) is -0.821. The lowest BCUT2D eigenvalue weighted by atomic mass is 10.3. The first-order chi connectivity index (χ1) is 8.13. The van der Waals surface area contributed by atoms with E-state index in [4.69, 9.17) is 4.42 Å². The summed E-state index contributed by atoms with van der Waals surface area (Å²) in [5, 5.41) is 0.560. The zero-order valence-electron chi connectivity index (χ0n) is 9.22. The van der Waals surface area contributed by atoms with E-state index in [9.17, 15) is 9.59 Å². The number of thiazole rings is 1. The number of ketones is 1. The molecule has 88 valence electrons. The van der Waals surface area contributed by atoms with Crippen molar-refractivity contribution >= 4 is 23.1 Å². The lowest BCUT2D eigenvalue weighted by Gasteiger charge is -1.95. The van der Waals surface area contributed by atoms with Crippen molar-refractivity contribution < 1.29 is 18.7 Å². The Balaban J connectivity index is 2.52. The first-order valence-corrected chi connectivity index (χ1v) is 5.57. The molecular formula is C11H9NO4S. The maximum absolute atomic E-state index is 11.5. The molecule has 5 nitrogen and oxygen atoms in total. The van der Waals surface area contributed by atoms with Crippen molar-refractivity contribution in [2.45, 2.75) is 6.92 Å². The van der Waals surface area contributed by atoms with Crippen molar-refractivity contribution in [1.29, 1.82) is 0 Å². The molecule has 2 rings (SSSR count). The first kappa shape index (κ1) is 11.5. The van der Waals surface area contributed by atoms with Crippen LogP contribution in [0.3, 0.4) is 0 Å². The van der Waals surface area contributed by atoms with Crippen molar-refractivity contribution in [3.05, 3.63) is 29.2 Å². The molecule has 0 amide bonds. The zero-order valence-corrected chi connectivity index (χ0v) is 10.0. The van der Waals surface area contributed by atoms with Crippen LogP contribution in [0.25, 0.3) is 10.6 Å². The first-order valence-electron chi connectivity index (χ1n) is 4.76. The van der Waals surface area contributed by atoms with Gasteiger partial charge < -0.3 is 9.15 Å². The highest BCUT2D eigenvalue weighted by Gasteiger charge is 2.22. The molecule has 0 aliphatic heterocycles. The summed E-state index contributed by atoms with van der Waals surface area (Å²) in [6, 6.07) is 1.71. The summed E-state index contributed by atoms with van der Waals surface area (Å²) in [4.78, 5) is 27.3. The molecule has 0 aliphatic rings. The number of ether oxygens (including phenoxy) is 1. The van der Waals surface area contributed by atoms with E-state index in [0.717, 1.165) is 16.9 Å². The number of aromatic nitrogens is 1. The molecule has 0 N–H and O–H groups in total. The van der Waals surface area contributed by atoms with E-state index < -0.39 is 5.97 Å². The minimum Gasteiger partial charge on any atom is -0.472 e. The van der Waals surface area contributed by atoms with Crippen LogP contribution in [0.2, 0.25) is 0 Å². The maximum atomic E-state index is 11.5. The van der Waals surface area contributed by atoms with Crippen LogP contribution in [0.1, 0.15) is 27.1 Å². The predicted molar refractivity (Wildman–Crippen MR) is 61.2 cm³/mol. The number of hydrogen-bond donors (Lipinski definition) is 0. The SMILES string of the molecule is COC(=O)c1nc(-c2ccoc2)sc1C(C)=O. The van der Waals surface area contributed by atoms with Gasteiger partial charge in [0.1, 0.15) is 16.1 Å². The molecule has 0 saturated heterocycles. The fourth-order valence-corrected chi connectivity index (χ4v) is 2.24. The average molecular weight is 251 g/mol. The van der Waals surface area contributed by atoms with Crippen molar-refractivity contribution in [1.82, 2.24) is 4.98 Å². The van der Waals surface area contributed by atoms with Gasteiger partial charge in [0.25, 0.3) is 0 Å². The molecule has 17 heavy (non-hydrogen) atoms. The number of furan rings is 1. The van der Waals surface area contributed by atoms with E-state index in [1.165, 1.54) is 26.6 Å². The van der Waals surface area contributed by atoms with Crippen molar-refractivity contribution in [2.75, 3.05) is 7.11 Å². The van der Waals surface area contributed by atoms with Gasteiger partial charge in [-0.15, -0.1) is 11.3 Å². The topological polar surface area (TPSA) is 69.4 Å². The van der Waals surface area contributed by atoms with Crippen LogP contribution in [-0.4, -0.2) is 23.8 Å². The van der Waals surface area contributed by atoms with Gasteiger partial charge in [0.15, 0.2) is 11.5 Å². The molecule has 0 fully saturated rings. The van der Waals surface area contributed by atoms with Crippen LogP contribution in [0, 0.1) is 0 Å². The molecule has 0 spiro atoms. The van der Waals surface area contributed by atoms with E-state index >= 15 is 0 Å². The van der Waals surface area contributed by atoms with Crippen LogP contribution >= 0.6 is 11.3 Å². The lowest BCUT2D eigenvalue weighted by molar-refractivity contribution is 0.0591. The van der Waals surface area contributed by atoms with Gasteiger partial charge in [0, 0.05) is 12.5 Å². The number of Topliss-reactive ketones (excluding diaryl/α,β-unsaturated/α-hetero) is 1. The van der Waals surface area contributed by atoms with Gasteiger partial charge in [-0.05, 0) is 6.07 Å². The Kier molecular flexibility index (Phi) is 3.06. The molecule has 2 aromatic rings. The third-order valence-electron chi connectivity index (χ3n) is 2.09. The number of carbonyl (C=O) groups is 2. The van der Waals surface area contributed by atoms with Gasteiger partial charge in [-0.3, -0.25) is 4.79 Å².